The number of aryl methyl sites for hydroxylation is 1. The van der Waals surface area contributed by atoms with Gasteiger partial charge >= 0.3 is 0 Å². The van der Waals surface area contributed by atoms with Gasteiger partial charge in [-0.2, -0.15) is 0 Å². The predicted molar refractivity (Wildman–Crippen MR) is 120 cm³/mol. The number of rotatable bonds is 3. The number of piperidine rings is 3. The van der Waals surface area contributed by atoms with E-state index in [2.05, 4.69) is 57.0 Å². The highest BCUT2D eigenvalue weighted by atomic mass is 16.2. The van der Waals surface area contributed by atoms with Gasteiger partial charge < -0.3 is 9.47 Å². The van der Waals surface area contributed by atoms with Crippen LogP contribution >= 0.6 is 0 Å². The smallest absolute Gasteiger partial charge is 0.224 e. The van der Waals surface area contributed by atoms with Gasteiger partial charge in [0.1, 0.15) is 0 Å². The van der Waals surface area contributed by atoms with Crippen molar-refractivity contribution in [3.63, 3.8) is 0 Å². The average molecular weight is 404 g/mol. The summed E-state index contributed by atoms with van der Waals surface area (Å²) in [6.45, 7) is 4.19. The van der Waals surface area contributed by atoms with Crippen LogP contribution in [-0.4, -0.2) is 52.0 Å². The maximum atomic E-state index is 13.4. The van der Waals surface area contributed by atoms with Crippen molar-refractivity contribution in [3.05, 3.63) is 48.2 Å². The van der Waals surface area contributed by atoms with Crippen molar-refractivity contribution >= 4 is 16.8 Å². The molecule has 3 aliphatic heterocycles. The third-order valence-electron chi connectivity index (χ3n) is 8.22. The molecule has 158 valence electrons. The summed E-state index contributed by atoms with van der Waals surface area (Å²) < 4.78 is 2.24. The van der Waals surface area contributed by atoms with Crippen molar-refractivity contribution in [1.29, 1.82) is 0 Å². The molecule has 4 heteroatoms. The zero-order valence-electron chi connectivity index (χ0n) is 17.9. The van der Waals surface area contributed by atoms with E-state index in [-0.39, 0.29) is 0 Å². The molecular formula is C26H33N3O. The van der Waals surface area contributed by atoms with Crippen LogP contribution in [0.15, 0.2) is 48.2 Å². The third-order valence-corrected chi connectivity index (χ3v) is 8.22. The van der Waals surface area contributed by atoms with E-state index in [1.807, 2.05) is 0 Å². The number of hydrogen-bond donors (Lipinski definition) is 0. The summed E-state index contributed by atoms with van der Waals surface area (Å²) in [5, 5.41) is 1.25. The van der Waals surface area contributed by atoms with Gasteiger partial charge in [0.25, 0.3) is 0 Å². The maximum Gasteiger partial charge on any atom is 0.224 e. The molecule has 6 rings (SSSR count). The van der Waals surface area contributed by atoms with Crippen molar-refractivity contribution < 1.29 is 4.79 Å². The van der Waals surface area contributed by atoms with Crippen LogP contribution < -0.4 is 0 Å². The highest BCUT2D eigenvalue weighted by Gasteiger charge is 2.46. The first-order valence-corrected chi connectivity index (χ1v) is 12.1. The Morgan fingerprint density at radius 1 is 1.07 bits per heavy atom. The van der Waals surface area contributed by atoms with E-state index in [4.69, 9.17) is 0 Å². The lowest BCUT2D eigenvalue weighted by Crippen LogP contribution is -2.60. The minimum atomic E-state index is 0.350. The quantitative estimate of drug-likeness (QED) is 0.708. The zero-order valence-corrected chi connectivity index (χ0v) is 17.9. The number of amides is 1. The molecule has 0 saturated carbocycles. The predicted octanol–water partition coefficient (Wildman–Crippen LogP) is 4.45. The molecule has 0 N–H and O–H groups in total. The summed E-state index contributed by atoms with van der Waals surface area (Å²) in [5.41, 5.74) is 2.82. The molecule has 1 aliphatic carbocycles. The highest BCUT2D eigenvalue weighted by Crippen LogP contribution is 2.45. The summed E-state index contributed by atoms with van der Waals surface area (Å²) in [6, 6.07) is 11.7. The Morgan fingerprint density at radius 2 is 2.00 bits per heavy atom. The number of nitrogens with zero attached hydrogens (tertiary/aromatic N) is 3. The second-order valence-electron chi connectivity index (χ2n) is 9.91. The number of carbonyl (C=O) groups excluding carboxylic acids is 1. The minimum absolute atomic E-state index is 0.350. The van der Waals surface area contributed by atoms with Gasteiger partial charge in [-0.3, -0.25) is 9.69 Å². The molecule has 1 aromatic heterocycles. The van der Waals surface area contributed by atoms with Crippen LogP contribution in [-0.2, 0) is 11.3 Å². The van der Waals surface area contributed by atoms with E-state index >= 15 is 0 Å². The van der Waals surface area contributed by atoms with Gasteiger partial charge in [0.15, 0.2) is 0 Å². The highest BCUT2D eigenvalue weighted by molar-refractivity contribution is 5.81. The summed E-state index contributed by atoms with van der Waals surface area (Å²) >= 11 is 0. The van der Waals surface area contributed by atoms with Crippen LogP contribution in [0.1, 0.15) is 44.9 Å². The fraction of sp³-hybridized carbons (Fsp3) is 0.577. The van der Waals surface area contributed by atoms with Crippen molar-refractivity contribution in [1.82, 2.24) is 14.4 Å². The maximum absolute atomic E-state index is 13.4. The summed E-state index contributed by atoms with van der Waals surface area (Å²) in [6.07, 6.45) is 13.1. The molecule has 4 aliphatic rings. The van der Waals surface area contributed by atoms with E-state index in [1.165, 1.54) is 56.1 Å². The van der Waals surface area contributed by atoms with Gasteiger partial charge in [-0.15, -0.1) is 0 Å². The Bertz CT molecular complexity index is 976. The number of para-hydroxylation sites is 1. The first-order chi connectivity index (χ1) is 14.8. The summed E-state index contributed by atoms with van der Waals surface area (Å²) in [5.74, 6) is 1.72. The van der Waals surface area contributed by atoms with Crippen LogP contribution in [0.3, 0.4) is 0 Å². The monoisotopic (exact) mass is 403 g/mol. The molecule has 2 aromatic rings. The SMILES string of the molecule is O=C(CCn1ccc2ccccc21)N1CCCC2=C[C@H]3C[C@H](CN4CCCC[C@@H]34)[C@@H]21. The lowest BCUT2D eigenvalue weighted by molar-refractivity contribution is -0.136. The molecule has 3 saturated heterocycles. The van der Waals surface area contributed by atoms with Crippen molar-refractivity contribution in [2.75, 3.05) is 19.6 Å². The molecule has 4 atom stereocenters. The molecule has 3 fully saturated rings. The number of aromatic nitrogens is 1. The Hall–Kier alpha value is -2.07. The van der Waals surface area contributed by atoms with Gasteiger partial charge in [0, 0.05) is 43.8 Å². The van der Waals surface area contributed by atoms with Crippen LogP contribution in [0.4, 0.5) is 0 Å². The van der Waals surface area contributed by atoms with E-state index in [0.29, 0.717) is 24.3 Å². The molecule has 30 heavy (non-hydrogen) atoms. The standard InChI is InChI=1S/C26H33N3O/c30-25(11-15-27-14-10-19-6-1-2-8-23(19)27)29-13-5-7-20-16-21-17-22(26(20)29)18-28-12-4-3-9-24(21)28/h1-2,6,8,10,14,16,21-22,24,26H,3-5,7,9,11-13,15,17-18H2/t21-,22+,24-,26+/m0/s1. The molecule has 0 spiro atoms. The second kappa shape index (κ2) is 7.56. The fourth-order valence-electron chi connectivity index (χ4n) is 6.95. The number of fused-ring (bicyclic) bond motifs is 7. The van der Waals surface area contributed by atoms with E-state index in [0.717, 1.165) is 31.5 Å². The molecule has 0 radical (unpaired) electrons. The lowest BCUT2D eigenvalue weighted by atomic mass is 9.68. The van der Waals surface area contributed by atoms with Crippen molar-refractivity contribution in [3.8, 4) is 0 Å². The van der Waals surface area contributed by atoms with Gasteiger partial charge in [-0.05, 0) is 68.0 Å². The molecule has 4 heterocycles. The number of carbonyl (C=O) groups is 1. The Balaban J connectivity index is 1.20. The third kappa shape index (κ3) is 3.11. The van der Waals surface area contributed by atoms with Crippen molar-refractivity contribution in [2.45, 2.75) is 63.6 Å². The molecule has 0 unspecified atom stereocenters. The number of hydrogen-bond acceptors (Lipinski definition) is 2. The molecule has 1 amide bonds. The summed E-state index contributed by atoms with van der Waals surface area (Å²) in [7, 11) is 0. The lowest BCUT2D eigenvalue weighted by Gasteiger charge is -2.54. The Morgan fingerprint density at radius 3 is 2.97 bits per heavy atom. The number of benzene rings is 1. The fourth-order valence-corrected chi connectivity index (χ4v) is 6.95. The van der Waals surface area contributed by atoms with E-state index in [1.54, 1.807) is 5.57 Å². The zero-order chi connectivity index (χ0) is 20.1. The van der Waals surface area contributed by atoms with Crippen LogP contribution in [0.2, 0.25) is 0 Å². The minimum Gasteiger partial charge on any atom is -0.347 e. The molecule has 2 bridgehead atoms. The molecule has 4 nitrogen and oxygen atoms in total. The first-order valence-electron chi connectivity index (χ1n) is 12.1. The topological polar surface area (TPSA) is 28.5 Å². The largest absolute Gasteiger partial charge is 0.347 e. The van der Waals surface area contributed by atoms with Crippen LogP contribution in [0, 0.1) is 11.8 Å². The van der Waals surface area contributed by atoms with E-state index in [9.17, 15) is 4.79 Å². The van der Waals surface area contributed by atoms with Crippen molar-refractivity contribution in [2.24, 2.45) is 11.8 Å². The molecule has 1 aromatic carbocycles. The normalized spacial score (nSPS) is 31.2. The van der Waals surface area contributed by atoms with Crippen LogP contribution in [0.5, 0.6) is 0 Å². The van der Waals surface area contributed by atoms with Crippen LogP contribution in [0.25, 0.3) is 10.9 Å². The summed E-state index contributed by atoms with van der Waals surface area (Å²) in [4.78, 5) is 18.4. The van der Waals surface area contributed by atoms with Gasteiger partial charge in [0.05, 0.1) is 6.04 Å². The van der Waals surface area contributed by atoms with Gasteiger partial charge in [0.2, 0.25) is 5.91 Å². The van der Waals surface area contributed by atoms with Gasteiger partial charge in [-0.25, -0.2) is 0 Å². The Kier molecular flexibility index (Phi) is 4.71. The number of likely N-dealkylation sites (tertiary alicyclic amines) is 1. The van der Waals surface area contributed by atoms with Gasteiger partial charge in [-0.1, -0.05) is 36.3 Å². The Labute approximate surface area is 179 Å². The second-order valence-corrected chi connectivity index (χ2v) is 9.91. The molecular weight excluding hydrogens is 370 g/mol. The first kappa shape index (κ1) is 18.7. The average Bonchev–Trinajstić information content (AvgIpc) is 3.20. The van der Waals surface area contributed by atoms with E-state index < -0.39 is 0 Å².